The van der Waals surface area contributed by atoms with Crippen LogP contribution in [0.25, 0.3) is 11.4 Å². The molecule has 2 nitrogen and oxygen atoms in total. The zero-order valence-corrected chi connectivity index (χ0v) is 12.9. The molecule has 1 aromatic carbocycles. The first-order chi connectivity index (χ1) is 9.02. The molecule has 0 fully saturated rings. The number of aromatic nitrogens is 2. The van der Waals surface area contributed by atoms with Crippen molar-refractivity contribution >= 4 is 34.8 Å². The average Bonchev–Trinajstić information content (AvgIpc) is 2.37. The second-order valence-corrected chi connectivity index (χ2v) is 5.44. The van der Waals surface area contributed by atoms with Gasteiger partial charge in [-0.1, -0.05) is 60.3 Å². The van der Waals surface area contributed by atoms with Crippen molar-refractivity contribution in [1.82, 2.24) is 9.97 Å². The molecule has 1 heterocycles. The lowest BCUT2D eigenvalue weighted by molar-refractivity contribution is 0.903. The summed E-state index contributed by atoms with van der Waals surface area (Å²) in [7, 11) is 0. The van der Waals surface area contributed by atoms with E-state index in [1.807, 2.05) is 25.1 Å². The van der Waals surface area contributed by atoms with Crippen molar-refractivity contribution in [2.24, 2.45) is 0 Å². The molecule has 0 atom stereocenters. The third kappa shape index (κ3) is 3.19. The summed E-state index contributed by atoms with van der Waals surface area (Å²) in [6, 6.07) is 5.64. The molecule has 0 saturated heterocycles. The molecule has 0 bridgehead atoms. The maximum absolute atomic E-state index is 6.17. The molecule has 0 aliphatic rings. The average molecular weight is 316 g/mol. The summed E-state index contributed by atoms with van der Waals surface area (Å²) in [5.74, 6) is 0.497. The smallest absolute Gasteiger partial charge is 0.162 e. The van der Waals surface area contributed by atoms with Gasteiger partial charge in [-0.25, -0.2) is 9.97 Å². The molecule has 0 aliphatic heterocycles. The normalized spacial score (nSPS) is 10.8. The number of halogens is 3. The first-order valence-corrected chi connectivity index (χ1v) is 7.14. The van der Waals surface area contributed by atoms with Gasteiger partial charge >= 0.3 is 0 Å². The highest BCUT2D eigenvalue weighted by molar-refractivity contribution is 6.34. The summed E-state index contributed by atoms with van der Waals surface area (Å²) in [5, 5.41) is 1.49. The molecular formula is C14H13Cl3N2. The highest BCUT2D eigenvalue weighted by Crippen LogP contribution is 2.28. The molecule has 0 saturated carbocycles. The van der Waals surface area contributed by atoms with E-state index in [1.165, 1.54) is 0 Å². The SMILES string of the molecule is CCCc1c(Cl)nc(-c2ccc(C)c(Cl)c2)nc1Cl. The Morgan fingerprint density at radius 2 is 1.68 bits per heavy atom. The third-order valence-corrected chi connectivity index (χ3v) is 3.87. The van der Waals surface area contributed by atoms with Gasteiger partial charge in [-0.3, -0.25) is 0 Å². The molecule has 19 heavy (non-hydrogen) atoms. The summed E-state index contributed by atoms with van der Waals surface area (Å²) in [6.07, 6.45) is 1.71. The number of hydrogen-bond acceptors (Lipinski definition) is 2. The van der Waals surface area contributed by atoms with E-state index in [4.69, 9.17) is 34.8 Å². The Kier molecular flexibility index (Phi) is 4.67. The summed E-state index contributed by atoms with van der Waals surface area (Å²) < 4.78 is 0. The lowest BCUT2D eigenvalue weighted by Gasteiger charge is -2.08. The van der Waals surface area contributed by atoms with Gasteiger partial charge in [0, 0.05) is 16.1 Å². The van der Waals surface area contributed by atoms with Crippen LogP contribution < -0.4 is 0 Å². The quantitative estimate of drug-likeness (QED) is 0.712. The monoisotopic (exact) mass is 314 g/mol. The summed E-state index contributed by atoms with van der Waals surface area (Å²) in [5.41, 5.74) is 2.61. The fourth-order valence-electron chi connectivity index (χ4n) is 1.75. The van der Waals surface area contributed by atoms with Crippen LogP contribution in [-0.4, -0.2) is 9.97 Å². The standard InChI is InChI=1S/C14H13Cl3N2/c1-3-4-10-12(16)18-14(19-13(10)17)9-6-5-8(2)11(15)7-9/h5-7H,3-4H2,1-2H3. The van der Waals surface area contributed by atoms with Crippen LogP contribution in [0.2, 0.25) is 15.3 Å². The Hall–Kier alpha value is -0.830. The van der Waals surface area contributed by atoms with Crippen LogP contribution in [-0.2, 0) is 6.42 Å². The van der Waals surface area contributed by atoms with Crippen molar-refractivity contribution < 1.29 is 0 Å². The van der Waals surface area contributed by atoms with E-state index in [-0.39, 0.29) is 0 Å². The molecular weight excluding hydrogens is 303 g/mol. The van der Waals surface area contributed by atoms with Gasteiger partial charge in [0.05, 0.1) is 0 Å². The van der Waals surface area contributed by atoms with Crippen LogP contribution in [0.4, 0.5) is 0 Å². The maximum Gasteiger partial charge on any atom is 0.162 e. The largest absolute Gasteiger partial charge is 0.216 e. The minimum atomic E-state index is 0.411. The molecule has 1 aromatic heterocycles. The van der Waals surface area contributed by atoms with Gasteiger partial charge in [0.25, 0.3) is 0 Å². The maximum atomic E-state index is 6.17. The topological polar surface area (TPSA) is 25.8 Å². The molecule has 0 aliphatic carbocycles. The highest BCUT2D eigenvalue weighted by Gasteiger charge is 2.12. The van der Waals surface area contributed by atoms with Crippen LogP contribution in [0.5, 0.6) is 0 Å². The van der Waals surface area contributed by atoms with Gasteiger partial charge in [-0.2, -0.15) is 0 Å². The van der Waals surface area contributed by atoms with E-state index in [1.54, 1.807) is 0 Å². The van der Waals surface area contributed by atoms with Crippen molar-refractivity contribution in [3.8, 4) is 11.4 Å². The lowest BCUT2D eigenvalue weighted by atomic mass is 10.1. The van der Waals surface area contributed by atoms with E-state index in [9.17, 15) is 0 Å². The first-order valence-electron chi connectivity index (χ1n) is 6.01. The second kappa shape index (κ2) is 6.08. The van der Waals surface area contributed by atoms with Gasteiger partial charge in [-0.05, 0) is 25.0 Å². The van der Waals surface area contributed by atoms with Crippen LogP contribution in [0.1, 0.15) is 24.5 Å². The molecule has 2 rings (SSSR count). The van der Waals surface area contributed by atoms with E-state index in [2.05, 4.69) is 16.9 Å². The van der Waals surface area contributed by atoms with Crippen molar-refractivity contribution in [2.45, 2.75) is 26.7 Å². The van der Waals surface area contributed by atoms with E-state index >= 15 is 0 Å². The Balaban J connectivity index is 2.48. The number of aryl methyl sites for hydroxylation is 1. The van der Waals surface area contributed by atoms with Gasteiger partial charge < -0.3 is 0 Å². The minimum Gasteiger partial charge on any atom is -0.216 e. The molecule has 0 amide bonds. The summed E-state index contributed by atoms with van der Waals surface area (Å²) >= 11 is 18.4. The van der Waals surface area contributed by atoms with Gasteiger partial charge in [-0.15, -0.1) is 0 Å². The molecule has 0 unspecified atom stereocenters. The number of nitrogens with zero attached hydrogens (tertiary/aromatic N) is 2. The molecule has 0 N–H and O–H groups in total. The Morgan fingerprint density at radius 3 is 2.21 bits per heavy atom. The van der Waals surface area contributed by atoms with Gasteiger partial charge in [0.1, 0.15) is 10.3 Å². The van der Waals surface area contributed by atoms with Gasteiger partial charge in [0.15, 0.2) is 5.82 Å². The predicted molar refractivity (Wildman–Crippen MR) is 81.2 cm³/mol. The Bertz CT molecular complexity index is 589. The second-order valence-electron chi connectivity index (χ2n) is 4.32. The Labute approximate surface area is 127 Å². The van der Waals surface area contributed by atoms with Gasteiger partial charge in [0.2, 0.25) is 0 Å². The molecule has 0 spiro atoms. The first kappa shape index (κ1) is 14.6. The number of hydrogen-bond donors (Lipinski definition) is 0. The van der Waals surface area contributed by atoms with Crippen LogP contribution in [0.15, 0.2) is 18.2 Å². The lowest BCUT2D eigenvalue weighted by Crippen LogP contribution is -1.97. The van der Waals surface area contributed by atoms with Crippen LogP contribution >= 0.6 is 34.8 Å². The highest BCUT2D eigenvalue weighted by atomic mass is 35.5. The predicted octanol–water partition coefficient (Wildman–Crippen LogP) is 5.36. The van der Waals surface area contributed by atoms with E-state index in [0.29, 0.717) is 21.2 Å². The van der Waals surface area contributed by atoms with Crippen LogP contribution in [0.3, 0.4) is 0 Å². The zero-order valence-electron chi connectivity index (χ0n) is 10.7. The fraction of sp³-hybridized carbons (Fsp3) is 0.286. The van der Waals surface area contributed by atoms with Crippen molar-refractivity contribution in [2.75, 3.05) is 0 Å². The Morgan fingerprint density at radius 1 is 1.05 bits per heavy atom. The number of rotatable bonds is 3. The third-order valence-electron chi connectivity index (χ3n) is 2.84. The molecule has 5 heteroatoms. The summed E-state index contributed by atoms with van der Waals surface area (Å²) in [4.78, 5) is 8.61. The minimum absolute atomic E-state index is 0.411. The van der Waals surface area contributed by atoms with Crippen molar-refractivity contribution in [1.29, 1.82) is 0 Å². The van der Waals surface area contributed by atoms with Crippen LogP contribution in [0, 0.1) is 6.92 Å². The molecule has 100 valence electrons. The molecule has 2 aromatic rings. The number of benzene rings is 1. The molecule has 0 radical (unpaired) electrons. The van der Waals surface area contributed by atoms with E-state index < -0.39 is 0 Å². The zero-order chi connectivity index (χ0) is 14.0. The summed E-state index contributed by atoms with van der Waals surface area (Å²) in [6.45, 7) is 4.00. The fourth-order valence-corrected chi connectivity index (χ4v) is 2.51. The van der Waals surface area contributed by atoms with Crippen molar-refractivity contribution in [3.05, 3.63) is 44.7 Å². The van der Waals surface area contributed by atoms with Crippen molar-refractivity contribution in [3.63, 3.8) is 0 Å². The van der Waals surface area contributed by atoms with E-state index in [0.717, 1.165) is 29.5 Å².